The van der Waals surface area contributed by atoms with Gasteiger partial charge in [0.2, 0.25) is 0 Å². The standard InChI is InChI=1S/C31H29F4N7O2S/c1-30(36,41-37)40-27(43)21-9-7-18(8-10-21)17-42(23-13-11-20(12-14-23)19-5-3-2-4-6-19)29(44)39-28-38-25-16-22(32)15-24(26(25)45-28)31(33,34)35/h5,7-16,37H,2-4,6,17,36H2,1H3,(H,40,43)(H,38,39,44)/p+1. The number of alkyl halides is 3. The van der Waals surface area contributed by atoms with E-state index in [2.05, 4.69) is 32.5 Å². The molecule has 14 heteroatoms. The molecule has 45 heavy (non-hydrogen) atoms. The predicted octanol–water partition coefficient (Wildman–Crippen LogP) is 7.33. The zero-order valence-electron chi connectivity index (χ0n) is 24.2. The molecule has 5 rings (SSSR count). The maximum absolute atomic E-state index is 14.0. The van der Waals surface area contributed by atoms with Crippen LogP contribution in [0.25, 0.3) is 15.8 Å². The Morgan fingerprint density at radius 1 is 1.09 bits per heavy atom. The quantitative estimate of drug-likeness (QED) is 0.0912. The van der Waals surface area contributed by atoms with Gasteiger partial charge in [0, 0.05) is 24.2 Å². The number of fused-ring (bicyclic) bond motifs is 1. The van der Waals surface area contributed by atoms with Crippen molar-refractivity contribution < 1.29 is 32.9 Å². The molecule has 1 aliphatic carbocycles. The van der Waals surface area contributed by atoms with Gasteiger partial charge in [-0.05, 0) is 72.7 Å². The highest BCUT2D eigenvalue weighted by molar-refractivity contribution is 7.22. The van der Waals surface area contributed by atoms with E-state index in [9.17, 15) is 27.2 Å². The maximum Gasteiger partial charge on any atom is 0.417 e. The van der Waals surface area contributed by atoms with Gasteiger partial charge in [0.1, 0.15) is 5.82 Å². The van der Waals surface area contributed by atoms with E-state index in [1.165, 1.54) is 17.4 Å². The van der Waals surface area contributed by atoms with E-state index in [-0.39, 0.29) is 21.9 Å². The Balaban J connectivity index is 1.43. The second-order valence-electron chi connectivity index (χ2n) is 10.9. The first kappa shape index (κ1) is 31.7. The van der Waals surface area contributed by atoms with E-state index >= 15 is 0 Å². The van der Waals surface area contributed by atoms with Crippen LogP contribution in [0.15, 0.2) is 71.9 Å². The number of nitrogens with zero attached hydrogens (tertiary/aromatic N) is 3. The number of benzene rings is 3. The van der Waals surface area contributed by atoms with Crippen molar-refractivity contribution in [2.75, 3.05) is 10.2 Å². The summed E-state index contributed by atoms with van der Waals surface area (Å²) in [6, 6.07) is 14.5. The summed E-state index contributed by atoms with van der Waals surface area (Å²) < 4.78 is 54.4. The number of hydrogen-bond donors (Lipinski definition) is 4. The number of rotatable bonds is 8. The molecule has 6 N–H and O–H groups in total. The van der Waals surface area contributed by atoms with Crippen LogP contribution in [0.3, 0.4) is 0 Å². The van der Waals surface area contributed by atoms with E-state index in [1.54, 1.807) is 36.4 Å². The summed E-state index contributed by atoms with van der Waals surface area (Å²) >= 11 is 0.605. The molecule has 1 aromatic heterocycles. The minimum absolute atomic E-state index is 0.0399. The van der Waals surface area contributed by atoms with Crippen LogP contribution in [0.4, 0.5) is 33.2 Å². The highest BCUT2D eigenvalue weighted by Gasteiger charge is 2.35. The van der Waals surface area contributed by atoms with Crippen LogP contribution in [0.2, 0.25) is 0 Å². The minimum atomic E-state index is -4.80. The van der Waals surface area contributed by atoms with Gasteiger partial charge in [0.05, 0.1) is 22.3 Å². The molecule has 234 valence electrons. The third kappa shape index (κ3) is 7.52. The van der Waals surface area contributed by atoms with E-state index in [0.717, 1.165) is 37.3 Å². The van der Waals surface area contributed by atoms with Crippen molar-refractivity contribution in [1.82, 2.24) is 10.3 Å². The molecule has 1 aliphatic rings. The van der Waals surface area contributed by atoms with Crippen LogP contribution in [0, 0.1) is 11.3 Å². The van der Waals surface area contributed by atoms with Crippen molar-refractivity contribution in [1.29, 1.82) is 5.53 Å². The molecule has 0 saturated carbocycles. The lowest BCUT2D eigenvalue weighted by Gasteiger charge is -2.24. The number of carbonyl (C=O) groups excluding carboxylic acids is 2. The summed E-state index contributed by atoms with van der Waals surface area (Å²) in [5.74, 6) is -2.89. The number of amides is 3. The highest BCUT2D eigenvalue weighted by atomic mass is 32.1. The lowest BCUT2D eigenvalue weighted by molar-refractivity contribution is -0.478. The summed E-state index contributed by atoms with van der Waals surface area (Å²) in [5.41, 5.74) is 13.1. The SMILES string of the molecule is CC([NH3+])(N=N)NC(=O)c1ccc(CN(C(=O)Nc2nc3cc(F)cc(C(F)(F)F)c3s2)c2ccc(C3=CCCCC3)cc2)cc1. The largest absolute Gasteiger partial charge is 0.417 e. The van der Waals surface area contributed by atoms with Gasteiger partial charge in [0.15, 0.2) is 5.13 Å². The first-order valence-corrected chi connectivity index (χ1v) is 14.9. The molecular formula is C31H30F4N7O2S+. The third-order valence-electron chi connectivity index (χ3n) is 7.25. The van der Waals surface area contributed by atoms with Gasteiger partial charge in [-0.25, -0.2) is 19.7 Å². The lowest BCUT2D eigenvalue weighted by Crippen LogP contribution is -2.77. The van der Waals surface area contributed by atoms with Crippen molar-refractivity contribution in [2.24, 2.45) is 5.11 Å². The number of allylic oxidation sites excluding steroid dienone is 2. The number of thiazole rings is 1. The fourth-order valence-corrected chi connectivity index (χ4v) is 5.92. The summed E-state index contributed by atoms with van der Waals surface area (Å²) in [6.45, 7) is 1.52. The second kappa shape index (κ2) is 12.7. The van der Waals surface area contributed by atoms with E-state index < -0.39 is 35.3 Å². The average molecular weight is 641 g/mol. The molecule has 0 bridgehead atoms. The number of carbonyl (C=O) groups is 2. The van der Waals surface area contributed by atoms with Gasteiger partial charge in [-0.2, -0.15) is 13.2 Å². The van der Waals surface area contributed by atoms with Crippen LogP contribution in [-0.4, -0.2) is 22.7 Å². The van der Waals surface area contributed by atoms with E-state index in [4.69, 9.17) is 5.53 Å². The Kier molecular flexibility index (Phi) is 8.98. The van der Waals surface area contributed by atoms with Gasteiger partial charge in [0.25, 0.3) is 11.7 Å². The Labute approximate surface area is 259 Å². The molecule has 0 radical (unpaired) electrons. The topological polar surface area (TPSA) is 138 Å². The Morgan fingerprint density at radius 2 is 1.80 bits per heavy atom. The summed E-state index contributed by atoms with van der Waals surface area (Å²) in [7, 11) is 0. The van der Waals surface area contributed by atoms with Crippen molar-refractivity contribution in [3.05, 3.63) is 94.8 Å². The highest BCUT2D eigenvalue weighted by Crippen LogP contribution is 2.39. The van der Waals surface area contributed by atoms with Gasteiger partial charge < -0.3 is 5.73 Å². The molecule has 4 aromatic rings. The third-order valence-corrected chi connectivity index (χ3v) is 8.27. The molecule has 1 atom stereocenters. The minimum Gasteiger partial charge on any atom is -0.315 e. The Morgan fingerprint density at radius 3 is 2.42 bits per heavy atom. The normalized spacial score (nSPS) is 14.8. The Bertz CT molecular complexity index is 1770. The van der Waals surface area contributed by atoms with Crippen molar-refractivity contribution in [3.63, 3.8) is 0 Å². The molecule has 3 aromatic carbocycles. The number of aromatic nitrogens is 1. The predicted molar refractivity (Wildman–Crippen MR) is 163 cm³/mol. The molecule has 0 aliphatic heterocycles. The smallest absolute Gasteiger partial charge is 0.315 e. The molecule has 0 spiro atoms. The van der Waals surface area contributed by atoms with E-state index in [1.807, 2.05) is 12.1 Å². The van der Waals surface area contributed by atoms with Crippen LogP contribution in [0.1, 0.15) is 59.7 Å². The van der Waals surface area contributed by atoms with Gasteiger partial charge in [-0.3, -0.25) is 20.3 Å². The molecule has 0 fully saturated rings. The maximum atomic E-state index is 14.0. The second-order valence-corrected chi connectivity index (χ2v) is 11.9. The summed E-state index contributed by atoms with van der Waals surface area (Å²) in [4.78, 5) is 31.7. The first-order chi connectivity index (χ1) is 21.3. The van der Waals surface area contributed by atoms with Crippen LogP contribution in [0.5, 0.6) is 0 Å². The van der Waals surface area contributed by atoms with Crippen molar-refractivity contribution in [3.8, 4) is 0 Å². The zero-order chi connectivity index (χ0) is 32.4. The fraction of sp³-hybridized carbons (Fsp3) is 0.258. The fourth-order valence-electron chi connectivity index (χ4n) is 4.95. The molecule has 1 heterocycles. The number of hydrogen-bond acceptors (Lipinski definition) is 6. The molecular weight excluding hydrogens is 610 g/mol. The Hall–Kier alpha value is -4.69. The zero-order valence-corrected chi connectivity index (χ0v) is 25.0. The molecule has 9 nitrogen and oxygen atoms in total. The van der Waals surface area contributed by atoms with Gasteiger partial charge in [-0.1, -0.05) is 41.7 Å². The monoisotopic (exact) mass is 640 g/mol. The number of halogens is 4. The van der Waals surface area contributed by atoms with Crippen LogP contribution >= 0.6 is 11.3 Å². The van der Waals surface area contributed by atoms with Crippen LogP contribution in [-0.2, 0) is 12.7 Å². The molecule has 1 unspecified atom stereocenters. The van der Waals surface area contributed by atoms with Gasteiger partial charge >= 0.3 is 12.2 Å². The average Bonchev–Trinajstić information content (AvgIpc) is 3.41. The van der Waals surface area contributed by atoms with Gasteiger partial charge in [-0.15, -0.1) is 5.11 Å². The number of anilines is 2. The lowest BCUT2D eigenvalue weighted by atomic mass is 9.93. The number of nitrogens with one attached hydrogen (secondary N) is 3. The first-order valence-electron chi connectivity index (χ1n) is 14.0. The number of quaternary nitrogens is 1. The summed E-state index contributed by atoms with van der Waals surface area (Å²) in [5, 5.41) is 8.27. The molecule has 3 amide bonds. The molecule has 0 saturated heterocycles. The van der Waals surface area contributed by atoms with E-state index in [0.29, 0.717) is 34.2 Å². The van der Waals surface area contributed by atoms with Crippen molar-refractivity contribution >= 4 is 49.9 Å². The van der Waals surface area contributed by atoms with Crippen molar-refractivity contribution in [2.45, 2.75) is 51.1 Å². The number of urea groups is 1. The van der Waals surface area contributed by atoms with Crippen LogP contribution < -0.4 is 21.3 Å². The summed E-state index contributed by atoms with van der Waals surface area (Å²) in [6.07, 6.45) is 1.62.